The molecule has 0 saturated heterocycles. The minimum atomic E-state index is 0.832. The van der Waals surface area contributed by atoms with Crippen molar-refractivity contribution in [2.75, 3.05) is 0 Å². The van der Waals surface area contributed by atoms with Gasteiger partial charge in [0.25, 0.3) is 0 Å². The van der Waals surface area contributed by atoms with E-state index in [1.165, 1.54) is 0 Å². The molecule has 4 heteroatoms. The zero-order chi connectivity index (χ0) is 10.7. The third kappa shape index (κ3) is 2.79. The number of nitrogens with one attached hydrogen (secondary N) is 1. The van der Waals surface area contributed by atoms with E-state index in [1.54, 1.807) is 0 Å². The van der Waals surface area contributed by atoms with E-state index in [2.05, 4.69) is 42.2 Å². The Kier molecular flexibility index (Phi) is 3.38. The van der Waals surface area contributed by atoms with Gasteiger partial charge in [-0.25, -0.2) is 4.98 Å². The van der Waals surface area contributed by atoms with Gasteiger partial charge in [0.05, 0.1) is 11.4 Å². The van der Waals surface area contributed by atoms with Gasteiger partial charge in [0.2, 0.25) is 0 Å². The average Bonchev–Trinajstić information content (AvgIpc) is 2.43. The van der Waals surface area contributed by atoms with Crippen LogP contribution in [0.5, 0.6) is 0 Å². The molecular weight excluding hydrogens is 320 g/mol. The number of hydrogen-bond donors (Lipinski definition) is 1. The zero-order valence-corrected chi connectivity index (χ0v) is 10.9. The third-order valence-electron chi connectivity index (χ3n) is 1.87. The third-order valence-corrected chi connectivity index (χ3v) is 2.81. The summed E-state index contributed by atoms with van der Waals surface area (Å²) < 4.78 is 1.84. The molecule has 2 nitrogen and oxygen atoms in total. The summed E-state index contributed by atoms with van der Waals surface area (Å²) in [5, 5.41) is 3.18. The number of aromatic nitrogens is 1. The lowest BCUT2D eigenvalue weighted by Gasteiger charge is -2.05. The van der Waals surface area contributed by atoms with Gasteiger partial charge in [-0.2, -0.15) is 0 Å². The summed E-state index contributed by atoms with van der Waals surface area (Å²) in [5.41, 5.74) is 1.88. The van der Waals surface area contributed by atoms with Crippen molar-refractivity contribution in [2.24, 2.45) is 0 Å². The molecule has 0 radical (unpaired) electrons. The molecule has 0 unspecified atom stereocenters. The zero-order valence-electron chi connectivity index (χ0n) is 7.74. The van der Waals surface area contributed by atoms with Gasteiger partial charge >= 0.3 is 0 Å². The second-order valence-electron chi connectivity index (χ2n) is 2.96. The van der Waals surface area contributed by atoms with Crippen molar-refractivity contribution in [2.45, 2.75) is 0 Å². The molecular formula is C11H8Br2N2. The summed E-state index contributed by atoms with van der Waals surface area (Å²) in [6, 6.07) is 5.83. The number of halogens is 2. The highest BCUT2D eigenvalue weighted by molar-refractivity contribution is 9.11. The highest BCUT2D eigenvalue weighted by Crippen LogP contribution is 2.16. The Hall–Kier alpha value is -0.870. The van der Waals surface area contributed by atoms with Crippen molar-refractivity contribution in [3.63, 3.8) is 0 Å². The predicted molar refractivity (Wildman–Crippen MR) is 69.2 cm³/mol. The van der Waals surface area contributed by atoms with Gasteiger partial charge < -0.3 is 5.32 Å². The lowest BCUT2D eigenvalue weighted by Crippen LogP contribution is -2.04. The molecule has 0 amide bonds. The second kappa shape index (κ2) is 4.77. The maximum Gasteiger partial charge on any atom is 0.106 e. The molecule has 0 aromatic carbocycles. The summed E-state index contributed by atoms with van der Waals surface area (Å²) >= 11 is 6.75. The van der Waals surface area contributed by atoms with Crippen molar-refractivity contribution in [1.29, 1.82) is 0 Å². The molecule has 0 aliphatic carbocycles. The highest BCUT2D eigenvalue weighted by atomic mass is 79.9. The highest BCUT2D eigenvalue weighted by Gasteiger charge is 2.02. The van der Waals surface area contributed by atoms with Crippen molar-refractivity contribution in [3.8, 4) is 0 Å². The van der Waals surface area contributed by atoms with Crippen molar-refractivity contribution >= 4 is 37.6 Å². The Morgan fingerprint density at radius 1 is 1.20 bits per heavy atom. The number of hydrogen-bond acceptors (Lipinski definition) is 2. The Morgan fingerprint density at radius 3 is 2.87 bits per heavy atom. The van der Waals surface area contributed by atoms with Gasteiger partial charge in [-0.1, -0.05) is 12.1 Å². The first kappa shape index (κ1) is 10.6. The van der Waals surface area contributed by atoms with E-state index in [4.69, 9.17) is 0 Å². The lowest BCUT2D eigenvalue weighted by molar-refractivity contribution is 1.14. The van der Waals surface area contributed by atoms with Gasteiger partial charge in [0.15, 0.2) is 0 Å². The van der Waals surface area contributed by atoms with Crippen LogP contribution in [0.1, 0.15) is 5.69 Å². The van der Waals surface area contributed by atoms with Gasteiger partial charge in [0, 0.05) is 10.7 Å². The second-order valence-corrected chi connectivity index (χ2v) is 4.69. The van der Waals surface area contributed by atoms with Crippen LogP contribution in [-0.2, 0) is 0 Å². The summed E-state index contributed by atoms with van der Waals surface area (Å²) in [6.45, 7) is 0. The van der Waals surface area contributed by atoms with E-state index in [0.717, 1.165) is 20.5 Å². The molecule has 15 heavy (non-hydrogen) atoms. The van der Waals surface area contributed by atoms with Crippen LogP contribution in [0.25, 0.3) is 5.70 Å². The van der Waals surface area contributed by atoms with Gasteiger partial charge in [-0.3, -0.25) is 0 Å². The molecule has 1 aliphatic heterocycles. The van der Waals surface area contributed by atoms with Gasteiger partial charge in [0.1, 0.15) is 4.60 Å². The molecule has 0 saturated carbocycles. The number of nitrogens with zero attached hydrogens (tertiary/aromatic N) is 1. The molecule has 2 heterocycles. The minimum Gasteiger partial charge on any atom is -0.359 e. The SMILES string of the molecule is BrC1=CNC(c2cccc(Br)n2)=CC=C1. The summed E-state index contributed by atoms with van der Waals surface area (Å²) in [4.78, 5) is 4.37. The Balaban J connectivity index is 2.33. The fourth-order valence-corrected chi connectivity index (χ4v) is 1.81. The van der Waals surface area contributed by atoms with Crippen LogP contribution in [-0.4, -0.2) is 4.98 Å². The fourth-order valence-electron chi connectivity index (χ4n) is 1.20. The van der Waals surface area contributed by atoms with Crippen LogP contribution in [0.2, 0.25) is 0 Å². The van der Waals surface area contributed by atoms with E-state index in [1.807, 2.05) is 42.6 Å². The van der Waals surface area contributed by atoms with E-state index >= 15 is 0 Å². The molecule has 1 aromatic heterocycles. The van der Waals surface area contributed by atoms with E-state index in [-0.39, 0.29) is 0 Å². The summed E-state index contributed by atoms with van der Waals surface area (Å²) in [7, 11) is 0. The van der Waals surface area contributed by atoms with E-state index in [9.17, 15) is 0 Å². The standard InChI is InChI=1S/C11H8Br2N2/c12-8-3-1-4-9(14-7-8)10-5-2-6-11(13)15-10/h1-7,14H. The van der Waals surface area contributed by atoms with Crippen LogP contribution in [0, 0.1) is 0 Å². The largest absolute Gasteiger partial charge is 0.359 e. The van der Waals surface area contributed by atoms with Crippen LogP contribution in [0.4, 0.5) is 0 Å². The number of rotatable bonds is 1. The van der Waals surface area contributed by atoms with Gasteiger partial charge in [-0.05, 0) is 56.1 Å². The maximum absolute atomic E-state index is 4.37. The first-order valence-corrected chi connectivity index (χ1v) is 5.98. The fraction of sp³-hybridized carbons (Fsp3) is 0. The Labute approximate surface area is 105 Å². The average molecular weight is 328 g/mol. The van der Waals surface area contributed by atoms with Crippen LogP contribution in [0.15, 0.2) is 51.7 Å². The Bertz CT molecular complexity index is 459. The molecule has 2 rings (SSSR count). The van der Waals surface area contributed by atoms with Crippen molar-refractivity contribution < 1.29 is 0 Å². The molecule has 0 atom stereocenters. The molecule has 1 aliphatic rings. The summed E-state index contributed by atoms with van der Waals surface area (Å²) in [5.74, 6) is 0. The lowest BCUT2D eigenvalue weighted by atomic mass is 10.2. The smallest absolute Gasteiger partial charge is 0.106 e. The maximum atomic E-state index is 4.37. The molecule has 0 spiro atoms. The van der Waals surface area contributed by atoms with Crippen molar-refractivity contribution in [1.82, 2.24) is 10.3 Å². The Morgan fingerprint density at radius 2 is 2.07 bits per heavy atom. The molecule has 0 fully saturated rings. The van der Waals surface area contributed by atoms with Crippen LogP contribution >= 0.6 is 31.9 Å². The first-order valence-electron chi connectivity index (χ1n) is 4.39. The predicted octanol–water partition coefficient (Wildman–Crippen LogP) is 3.58. The topological polar surface area (TPSA) is 24.9 Å². The minimum absolute atomic E-state index is 0.832. The molecule has 1 aromatic rings. The van der Waals surface area contributed by atoms with Crippen LogP contribution in [0.3, 0.4) is 0 Å². The van der Waals surface area contributed by atoms with Gasteiger partial charge in [-0.15, -0.1) is 0 Å². The molecule has 76 valence electrons. The normalized spacial score (nSPS) is 15.1. The van der Waals surface area contributed by atoms with E-state index < -0.39 is 0 Å². The monoisotopic (exact) mass is 326 g/mol. The van der Waals surface area contributed by atoms with E-state index in [0.29, 0.717) is 0 Å². The first-order chi connectivity index (χ1) is 7.25. The quantitative estimate of drug-likeness (QED) is 0.797. The van der Waals surface area contributed by atoms with Crippen LogP contribution < -0.4 is 5.32 Å². The number of pyridine rings is 1. The number of allylic oxidation sites excluding steroid dienone is 4. The van der Waals surface area contributed by atoms with Crippen molar-refractivity contribution in [3.05, 3.63) is 57.4 Å². The molecule has 0 bridgehead atoms. The summed E-state index contributed by atoms with van der Waals surface area (Å²) in [6.07, 6.45) is 7.81. The molecule has 1 N–H and O–H groups in total.